The average molecular weight is 365 g/mol. The van der Waals surface area contributed by atoms with Crippen molar-refractivity contribution in [1.82, 2.24) is 20.2 Å². The van der Waals surface area contributed by atoms with Gasteiger partial charge in [-0.25, -0.2) is 9.97 Å². The van der Waals surface area contributed by atoms with Gasteiger partial charge in [-0.2, -0.15) is 10.4 Å². The molecule has 0 radical (unpaired) electrons. The lowest BCUT2D eigenvalue weighted by Crippen LogP contribution is -2.23. The van der Waals surface area contributed by atoms with Crippen LogP contribution in [0.3, 0.4) is 0 Å². The highest BCUT2D eigenvalue weighted by molar-refractivity contribution is 5.76. The van der Waals surface area contributed by atoms with Crippen LogP contribution in [-0.2, 0) is 0 Å². The molecule has 27 heavy (non-hydrogen) atoms. The van der Waals surface area contributed by atoms with E-state index in [0.717, 1.165) is 5.56 Å². The van der Waals surface area contributed by atoms with Crippen LogP contribution in [0.2, 0.25) is 0 Å². The van der Waals surface area contributed by atoms with Crippen molar-refractivity contribution in [2.24, 2.45) is 5.73 Å². The minimum atomic E-state index is -0.148. The van der Waals surface area contributed by atoms with E-state index in [1.165, 1.54) is 12.4 Å². The topological polar surface area (TPSA) is 135 Å². The Labute approximate surface area is 156 Å². The van der Waals surface area contributed by atoms with E-state index < -0.39 is 0 Å². The highest BCUT2D eigenvalue weighted by Crippen LogP contribution is 2.38. The Kier molecular flexibility index (Phi) is 5.49. The highest BCUT2D eigenvalue weighted by atomic mass is 16.5. The molecular weight excluding hydrogens is 346 g/mol. The van der Waals surface area contributed by atoms with E-state index in [2.05, 4.69) is 25.5 Å². The summed E-state index contributed by atoms with van der Waals surface area (Å²) in [5.41, 5.74) is 7.36. The summed E-state index contributed by atoms with van der Waals surface area (Å²) in [4.78, 5) is 8.08. The quantitative estimate of drug-likeness (QED) is 0.580. The van der Waals surface area contributed by atoms with Crippen molar-refractivity contribution >= 4 is 11.6 Å². The molecule has 0 amide bonds. The van der Waals surface area contributed by atoms with Gasteiger partial charge >= 0.3 is 0 Å². The van der Waals surface area contributed by atoms with E-state index in [4.69, 9.17) is 20.5 Å². The highest BCUT2D eigenvalue weighted by Gasteiger charge is 2.17. The summed E-state index contributed by atoms with van der Waals surface area (Å²) in [5.74, 6) is 2.29. The number of hydrogen-bond acceptors (Lipinski definition) is 8. The first-order valence-electron chi connectivity index (χ1n) is 8.23. The van der Waals surface area contributed by atoms with Gasteiger partial charge in [0, 0.05) is 12.6 Å². The van der Waals surface area contributed by atoms with Gasteiger partial charge in [0.25, 0.3) is 0 Å². The number of ether oxygens (including phenoxy) is 2. The lowest BCUT2D eigenvalue weighted by atomic mass is 10.1. The Balaban J connectivity index is 1.89. The molecule has 1 aromatic carbocycles. The Morgan fingerprint density at radius 3 is 2.74 bits per heavy atom. The van der Waals surface area contributed by atoms with Crippen molar-refractivity contribution in [3.05, 3.63) is 42.4 Å². The molecule has 1 atom stereocenters. The fraction of sp³-hybridized carbons (Fsp3) is 0.222. The number of anilines is 2. The molecule has 0 saturated carbocycles. The molecule has 0 unspecified atom stereocenters. The molecule has 0 aliphatic rings. The summed E-state index contributed by atoms with van der Waals surface area (Å²) in [6, 6.07) is 9.27. The van der Waals surface area contributed by atoms with E-state index in [1.807, 2.05) is 31.2 Å². The molecule has 3 rings (SSSR count). The molecule has 2 aromatic heterocycles. The number of nitrogens with two attached hydrogens (primary N) is 1. The molecule has 3 aromatic rings. The monoisotopic (exact) mass is 365 g/mol. The fourth-order valence-corrected chi connectivity index (χ4v) is 2.40. The molecule has 0 fully saturated rings. The van der Waals surface area contributed by atoms with Crippen LogP contribution in [0.5, 0.6) is 11.5 Å². The Morgan fingerprint density at radius 2 is 2.07 bits per heavy atom. The lowest BCUT2D eigenvalue weighted by molar-refractivity contribution is 0.230. The van der Waals surface area contributed by atoms with Crippen LogP contribution < -0.4 is 20.5 Å². The van der Waals surface area contributed by atoms with Crippen LogP contribution in [0.25, 0.3) is 11.3 Å². The summed E-state index contributed by atoms with van der Waals surface area (Å²) in [6.07, 6.45) is 2.70. The Morgan fingerprint density at radius 1 is 1.26 bits per heavy atom. The minimum Gasteiger partial charge on any atom is -0.496 e. The summed E-state index contributed by atoms with van der Waals surface area (Å²) in [7, 11) is 1.59. The molecule has 0 bridgehead atoms. The number of aromatic amines is 1. The zero-order valence-electron chi connectivity index (χ0n) is 14.9. The second-order valence-electron chi connectivity index (χ2n) is 5.69. The van der Waals surface area contributed by atoms with E-state index in [1.54, 1.807) is 13.2 Å². The first-order valence-corrected chi connectivity index (χ1v) is 8.23. The van der Waals surface area contributed by atoms with Crippen molar-refractivity contribution in [2.75, 3.05) is 19.0 Å². The molecule has 138 valence electrons. The molecule has 0 aliphatic heterocycles. The predicted octanol–water partition coefficient (Wildman–Crippen LogP) is 2.22. The van der Waals surface area contributed by atoms with Crippen molar-refractivity contribution in [3.8, 4) is 28.8 Å². The largest absolute Gasteiger partial charge is 0.496 e. The van der Waals surface area contributed by atoms with E-state index in [-0.39, 0.29) is 11.8 Å². The number of hydrogen-bond donors (Lipinski definition) is 3. The number of benzene rings is 1. The molecule has 2 heterocycles. The van der Waals surface area contributed by atoms with Gasteiger partial charge in [0.15, 0.2) is 11.5 Å². The average Bonchev–Trinajstić information content (AvgIpc) is 3.16. The molecule has 0 aliphatic carbocycles. The molecule has 0 spiro atoms. The number of methoxy groups -OCH3 is 1. The Bertz CT molecular complexity index is 947. The Hall–Kier alpha value is -3.64. The van der Waals surface area contributed by atoms with Crippen molar-refractivity contribution in [1.29, 1.82) is 5.26 Å². The van der Waals surface area contributed by atoms with Crippen molar-refractivity contribution in [2.45, 2.75) is 13.0 Å². The molecule has 4 N–H and O–H groups in total. The van der Waals surface area contributed by atoms with Gasteiger partial charge in [-0.15, -0.1) is 0 Å². The molecular formula is C18H19N7O2. The predicted molar refractivity (Wildman–Crippen MR) is 99.7 cm³/mol. The van der Waals surface area contributed by atoms with Crippen LogP contribution in [0, 0.1) is 11.3 Å². The standard InChI is InChI=1S/C18H19N7O2/c1-11(7-19)27-15-5-3-4-14(26-2)18(15)13-6-16(25-24-13)23-17-10-21-12(8-20)9-22-17/h3-6,9-11H,7,19H2,1-2H3,(H2,22,23,24,25)/t11-/m0/s1. The van der Waals surface area contributed by atoms with Crippen LogP contribution in [0.15, 0.2) is 36.7 Å². The number of H-pyrrole nitrogens is 1. The van der Waals surface area contributed by atoms with E-state index in [9.17, 15) is 0 Å². The van der Waals surface area contributed by atoms with Gasteiger partial charge in [-0.3, -0.25) is 5.10 Å². The third-order valence-corrected chi connectivity index (χ3v) is 3.74. The van der Waals surface area contributed by atoms with Crippen molar-refractivity contribution < 1.29 is 9.47 Å². The number of rotatable bonds is 7. The number of aromatic nitrogens is 4. The summed E-state index contributed by atoms with van der Waals surface area (Å²) < 4.78 is 11.4. The minimum absolute atomic E-state index is 0.148. The zero-order chi connectivity index (χ0) is 19.2. The van der Waals surface area contributed by atoms with Crippen LogP contribution >= 0.6 is 0 Å². The zero-order valence-corrected chi connectivity index (χ0v) is 14.9. The summed E-state index contributed by atoms with van der Waals surface area (Å²) in [5, 5.41) is 19.0. The van der Waals surface area contributed by atoms with Gasteiger partial charge in [0.1, 0.15) is 29.5 Å². The number of nitrogens with zero attached hydrogens (tertiary/aromatic N) is 4. The smallest absolute Gasteiger partial charge is 0.158 e. The molecule has 9 heteroatoms. The summed E-state index contributed by atoms with van der Waals surface area (Å²) in [6.45, 7) is 2.29. The number of nitrogens with one attached hydrogen (secondary N) is 2. The maximum Gasteiger partial charge on any atom is 0.158 e. The van der Waals surface area contributed by atoms with Crippen LogP contribution in [0.1, 0.15) is 12.6 Å². The first kappa shape index (κ1) is 18.2. The lowest BCUT2D eigenvalue weighted by Gasteiger charge is -2.17. The van der Waals surface area contributed by atoms with Gasteiger partial charge < -0.3 is 20.5 Å². The van der Waals surface area contributed by atoms with Gasteiger partial charge in [0.05, 0.1) is 30.8 Å². The molecule has 9 nitrogen and oxygen atoms in total. The van der Waals surface area contributed by atoms with E-state index in [0.29, 0.717) is 35.4 Å². The van der Waals surface area contributed by atoms with Gasteiger partial charge in [-0.1, -0.05) is 6.07 Å². The van der Waals surface area contributed by atoms with E-state index >= 15 is 0 Å². The normalized spacial score (nSPS) is 11.5. The van der Waals surface area contributed by atoms with Crippen LogP contribution in [-0.4, -0.2) is 39.9 Å². The van der Waals surface area contributed by atoms with Gasteiger partial charge in [0.2, 0.25) is 0 Å². The fourth-order valence-electron chi connectivity index (χ4n) is 2.40. The summed E-state index contributed by atoms with van der Waals surface area (Å²) >= 11 is 0. The molecule has 0 saturated heterocycles. The maximum absolute atomic E-state index is 8.78. The maximum atomic E-state index is 8.78. The number of nitriles is 1. The first-order chi connectivity index (χ1) is 13.1. The second kappa shape index (κ2) is 8.16. The second-order valence-corrected chi connectivity index (χ2v) is 5.69. The SMILES string of the molecule is COc1cccc(O[C@@H](C)CN)c1-c1cc(Nc2cnc(C#N)cn2)n[nH]1. The third-order valence-electron chi connectivity index (χ3n) is 3.74. The third kappa shape index (κ3) is 4.13. The van der Waals surface area contributed by atoms with Gasteiger partial charge in [-0.05, 0) is 19.1 Å². The van der Waals surface area contributed by atoms with Crippen molar-refractivity contribution in [3.63, 3.8) is 0 Å². The van der Waals surface area contributed by atoms with Crippen LogP contribution in [0.4, 0.5) is 11.6 Å².